The van der Waals surface area contributed by atoms with E-state index in [0.29, 0.717) is 12.3 Å². The Labute approximate surface area is 116 Å². The summed E-state index contributed by atoms with van der Waals surface area (Å²) < 4.78 is 25.8. The van der Waals surface area contributed by atoms with Crippen molar-refractivity contribution in [2.24, 2.45) is 0 Å². The van der Waals surface area contributed by atoms with Gasteiger partial charge in [-0.25, -0.2) is 17.5 Å². The normalized spacial score (nSPS) is 11.7. The van der Waals surface area contributed by atoms with Gasteiger partial charge in [-0.15, -0.1) is 0 Å². The standard InChI is InChI=1S/C11H16N2O4S2/c1-13(5-6-18-2)19(16,17)10-7-8(12)3-4-9(10)11(14)15/h3-4,7H,5-6,12H2,1-2H3,(H,14,15). The zero-order valence-electron chi connectivity index (χ0n) is 10.7. The Hall–Kier alpha value is -1.25. The van der Waals surface area contributed by atoms with E-state index in [4.69, 9.17) is 10.8 Å². The fraction of sp³-hybridized carbons (Fsp3) is 0.364. The van der Waals surface area contributed by atoms with Crippen LogP contribution in [0.5, 0.6) is 0 Å². The maximum absolute atomic E-state index is 12.3. The number of hydrogen-bond donors (Lipinski definition) is 2. The van der Waals surface area contributed by atoms with Crippen LogP contribution in [0.4, 0.5) is 5.69 Å². The number of carboxylic acids is 1. The van der Waals surface area contributed by atoms with Crippen molar-refractivity contribution in [3.63, 3.8) is 0 Å². The lowest BCUT2D eigenvalue weighted by Gasteiger charge is -2.18. The molecule has 1 aromatic carbocycles. The SMILES string of the molecule is CSCCN(C)S(=O)(=O)c1cc(N)ccc1C(=O)O. The van der Waals surface area contributed by atoms with Gasteiger partial charge in [0.15, 0.2) is 0 Å². The van der Waals surface area contributed by atoms with Crippen molar-refractivity contribution < 1.29 is 18.3 Å². The first-order valence-corrected chi connectivity index (χ1v) is 8.22. The Morgan fingerprint density at radius 2 is 2.11 bits per heavy atom. The Bertz CT molecular complexity index is 572. The van der Waals surface area contributed by atoms with Gasteiger partial charge in [0.1, 0.15) is 0 Å². The van der Waals surface area contributed by atoms with E-state index in [9.17, 15) is 13.2 Å². The minimum absolute atomic E-state index is 0.210. The number of nitrogens with two attached hydrogens (primary N) is 1. The molecule has 0 atom stereocenters. The average molecular weight is 304 g/mol. The highest BCUT2D eigenvalue weighted by molar-refractivity contribution is 7.98. The lowest BCUT2D eigenvalue weighted by Crippen LogP contribution is -2.30. The maximum Gasteiger partial charge on any atom is 0.337 e. The zero-order chi connectivity index (χ0) is 14.6. The quantitative estimate of drug-likeness (QED) is 0.759. The fourth-order valence-electron chi connectivity index (χ4n) is 1.44. The summed E-state index contributed by atoms with van der Waals surface area (Å²) in [6, 6.07) is 3.74. The monoisotopic (exact) mass is 304 g/mol. The number of benzene rings is 1. The van der Waals surface area contributed by atoms with Gasteiger partial charge in [-0.05, 0) is 24.5 Å². The smallest absolute Gasteiger partial charge is 0.337 e. The lowest BCUT2D eigenvalue weighted by molar-refractivity contribution is 0.0692. The third kappa shape index (κ3) is 3.62. The third-order valence-electron chi connectivity index (χ3n) is 2.53. The van der Waals surface area contributed by atoms with Gasteiger partial charge in [0.05, 0.1) is 10.5 Å². The van der Waals surface area contributed by atoms with Crippen LogP contribution in [0.3, 0.4) is 0 Å². The van der Waals surface area contributed by atoms with Crippen LogP contribution in [0.15, 0.2) is 23.1 Å². The molecule has 0 unspecified atom stereocenters. The minimum Gasteiger partial charge on any atom is -0.478 e. The molecule has 0 aliphatic heterocycles. The number of nitrogen functional groups attached to an aromatic ring is 1. The second kappa shape index (κ2) is 6.27. The second-order valence-electron chi connectivity index (χ2n) is 3.88. The molecule has 0 aliphatic carbocycles. The number of sulfonamides is 1. The number of anilines is 1. The van der Waals surface area contributed by atoms with Crippen LogP contribution in [0.1, 0.15) is 10.4 Å². The number of aromatic carboxylic acids is 1. The van der Waals surface area contributed by atoms with E-state index in [1.54, 1.807) is 0 Å². The summed E-state index contributed by atoms with van der Waals surface area (Å²) in [7, 11) is -2.43. The van der Waals surface area contributed by atoms with Gasteiger partial charge in [-0.1, -0.05) is 0 Å². The van der Waals surface area contributed by atoms with Crippen molar-refractivity contribution in [1.29, 1.82) is 0 Å². The van der Waals surface area contributed by atoms with Gasteiger partial charge in [0.2, 0.25) is 10.0 Å². The molecule has 0 aromatic heterocycles. The number of hydrogen-bond acceptors (Lipinski definition) is 5. The molecule has 0 radical (unpaired) electrons. The molecule has 0 heterocycles. The van der Waals surface area contributed by atoms with E-state index < -0.39 is 16.0 Å². The van der Waals surface area contributed by atoms with Crippen LogP contribution in [-0.2, 0) is 10.0 Å². The molecule has 106 valence electrons. The number of rotatable bonds is 6. The van der Waals surface area contributed by atoms with E-state index >= 15 is 0 Å². The van der Waals surface area contributed by atoms with Crippen LogP contribution in [0, 0.1) is 0 Å². The number of carboxylic acid groups (broad SMARTS) is 1. The molecule has 1 rings (SSSR count). The molecule has 19 heavy (non-hydrogen) atoms. The van der Waals surface area contributed by atoms with Crippen molar-refractivity contribution in [3.8, 4) is 0 Å². The molecule has 6 nitrogen and oxygen atoms in total. The van der Waals surface area contributed by atoms with E-state index in [-0.39, 0.29) is 16.1 Å². The minimum atomic E-state index is -3.85. The molecule has 0 spiro atoms. The number of nitrogens with zero attached hydrogens (tertiary/aromatic N) is 1. The van der Waals surface area contributed by atoms with Crippen LogP contribution in [0.2, 0.25) is 0 Å². The van der Waals surface area contributed by atoms with E-state index in [1.165, 1.54) is 37.0 Å². The van der Waals surface area contributed by atoms with E-state index in [1.807, 2.05) is 6.26 Å². The van der Waals surface area contributed by atoms with Crippen molar-refractivity contribution in [2.75, 3.05) is 31.3 Å². The molecular weight excluding hydrogens is 288 g/mol. The largest absolute Gasteiger partial charge is 0.478 e. The highest BCUT2D eigenvalue weighted by Gasteiger charge is 2.26. The Morgan fingerprint density at radius 3 is 2.63 bits per heavy atom. The summed E-state index contributed by atoms with van der Waals surface area (Å²) in [6.07, 6.45) is 1.86. The first kappa shape index (κ1) is 15.8. The predicted molar refractivity (Wildman–Crippen MR) is 76.0 cm³/mol. The average Bonchev–Trinajstić information content (AvgIpc) is 2.35. The summed E-state index contributed by atoms with van der Waals surface area (Å²) in [5.41, 5.74) is 5.48. The second-order valence-corrected chi connectivity index (χ2v) is 6.88. The summed E-state index contributed by atoms with van der Waals surface area (Å²) in [5.74, 6) is -0.669. The van der Waals surface area contributed by atoms with Crippen molar-refractivity contribution in [3.05, 3.63) is 23.8 Å². The number of carbonyl (C=O) groups is 1. The van der Waals surface area contributed by atoms with Gasteiger partial charge in [-0.2, -0.15) is 11.8 Å². The first-order chi connectivity index (χ1) is 8.80. The Balaban J connectivity index is 3.27. The van der Waals surface area contributed by atoms with Crippen molar-refractivity contribution in [2.45, 2.75) is 4.90 Å². The van der Waals surface area contributed by atoms with Gasteiger partial charge in [0.25, 0.3) is 0 Å². The summed E-state index contributed by atoms with van der Waals surface area (Å²) in [6.45, 7) is 0.303. The highest BCUT2D eigenvalue weighted by Crippen LogP contribution is 2.22. The molecule has 0 bridgehead atoms. The molecule has 3 N–H and O–H groups in total. The molecule has 1 aromatic rings. The van der Waals surface area contributed by atoms with E-state index in [2.05, 4.69) is 0 Å². The lowest BCUT2D eigenvalue weighted by atomic mass is 10.2. The van der Waals surface area contributed by atoms with E-state index in [0.717, 1.165) is 4.31 Å². The first-order valence-electron chi connectivity index (χ1n) is 5.38. The van der Waals surface area contributed by atoms with Crippen LogP contribution in [0.25, 0.3) is 0 Å². The summed E-state index contributed by atoms with van der Waals surface area (Å²) >= 11 is 1.51. The summed E-state index contributed by atoms with van der Waals surface area (Å²) in [4.78, 5) is 10.8. The van der Waals surface area contributed by atoms with Crippen LogP contribution >= 0.6 is 11.8 Å². The van der Waals surface area contributed by atoms with Crippen LogP contribution < -0.4 is 5.73 Å². The van der Waals surface area contributed by atoms with Gasteiger partial charge in [0, 0.05) is 25.0 Å². The summed E-state index contributed by atoms with van der Waals surface area (Å²) in [5, 5.41) is 9.05. The predicted octanol–water partition coefficient (Wildman–Crippen LogP) is 0.950. The highest BCUT2D eigenvalue weighted by atomic mass is 32.2. The molecule has 0 saturated carbocycles. The maximum atomic E-state index is 12.3. The molecule has 8 heteroatoms. The number of thioether (sulfide) groups is 1. The molecule has 0 fully saturated rings. The molecule has 0 amide bonds. The van der Waals surface area contributed by atoms with Crippen LogP contribution in [-0.4, -0.2) is 49.4 Å². The molecular formula is C11H16N2O4S2. The Kier molecular flexibility index (Phi) is 5.21. The van der Waals surface area contributed by atoms with Crippen molar-refractivity contribution in [1.82, 2.24) is 4.31 Å². The fourth-order valence-corrected chi connectivity index (χ4v) is 3.39. The van der Waals surface area contributed by atoms with Gasteiger partial charge >= 0.3 is 5.97 Å². The zero-order valence-corrected chi connectivity index (χ0v) is 12.3. The van der Waals surface area contributed by atoms with Crippen molar-refractivity contribution >= 4 is 33.4 Å². The molecule has 0 aliphatic rings. The Morgan fingerprint density at radius 1 is 1.47 bits per heavy atom. The third-order valence-corrected chi connectivity index (χ3v) is 5.02. The van der Waals surface area contributed by atoms with Gasteiger partial charge < -0.3 is 10.8 Å². The molecule has 0 saturated heterocycles. The van der Waals surface area contributed by atoms with Gasteiger partial charge in [-0.3, -0.25) is 0 Å². The topological polar surface area (TPSA) is 101 Å².